The van der Waals surface area contributed by atoms with Crippen molar-refractivity contribution in [2.75, 3.05) is 13.7 Å². The number of hydrogen-bond acceptors (Lipinski definition) is 5. The number of ether oxygens (including phenoxy) is 2. The van der Waals surface area contributed by atoms with Crippen LogP contribution in [0.5, 0.6) is 11.6 Å². The van der Waals surface area contributed by atoms with Gasteiger partial charge in [-0.2, -0.15) is 18.3 Å². The van der Waals surface area contributed by atoms with Crippen LogP contribution in [0.2, 0.25) is 5.02 Å². The van der Waals surface area contributed by atoms with Crippen LogP contribution in [0.3, 0.4) is 0 Å². The summed E-state index contributed by atoms with van der Waals surface area (Å²) < 4.78 is 47.7. The van der Waals surface area contributed by atoms with Gasteiger partial charge in [0, 0.05) is 18.8 Å². The summed E-state index contributed by atoms with van der Waals surface area (Å²) in [5, 5.41) is 12.9. The first kappa shape index (κ1) is 18.8. The van der Waals surface area contributed by atoms with Crippen LogP contribution in [0.25, 0.3) is 11.3 Å². The van der Waals surface area contributed by atoms with Crippen molar-refractivity contribution in [3.63, 3.8) is 0 Å². The van der Waals surface area contributed by atoms with E-state index >= 15 is 0 Å². The van der Waals surface area contributed by atoms with Crippen LogP contribution in [-0.4, -0.2) is 45.7 Å². The van der Waals surface area contributed by atoms with Gasteiger partial charge in [-0.15, -0.1) is 0 Å². The van der Waals surface area contributed by atoms with Crippen LogP contribution in [0.4, 0.5) is 13.2 Å². The number of aromatic carboxylic acids is 1. The van der Waals surface area contributed by atoms with Gasteiger partial charge >= 0.3 is 12.1 Å². The van der Waals surface area contributed by atoms with Crippen molar-refractivity contribution < 1.29 is 32.5 Å². The molecular weight excluding hydrogens is 367 g/mol. The second-order valence-electron chi connectivity index (χ2n) is 4.76. The molecule has 0 atom stereocenters. The number of pyridine rings is 1. The Balaban J connectivity index is 2.48. The van der Waals surface area contributed by atoms with Gasteiger partial charge in [-0.05, 0) is 6.92 Å². The third kappa shape index (κ3) is 4.13. The van der Waals surface area contributed by atoms with Gasteiger partial charge in [-0.3, -0.25) is 4.68 Å². The zero-order valence-electron chi connectivity index (χ0n) is 13.1. The third-order valence-corrected chi connectivity index (χ3v) is 3.45. The number of halogens is 4. The molecule has 0 aromatic carbocycles. The summed E-state index contributed by atoms with van der Waals surface area (Å²) in [7, 11) is 1.30. The highest BCUT2D eigenvalue weighted by Gasteiger charge is 2.29. The van der Waals surface area contributed by atoms with Crippen LogP contribution in [0.15, 0.2) is 12.3 Å². The Morgan fingerprint density at radius 2 is 2.12 bits per heavy atom. The van der Waals surface area contributed by atoms with Gasteiger partial charge in [-0.1, -0.05) is 11.6 Å². The lowest BCUT2D eigenvalue weighted by atomic mass is 10.1. The quantitative estimate of drug-likeness (QED) is 0.829. The van der Waals surface area contributed by atoms with Crippen LogP contribution in [-0.2, 0) is 6.54 Å². The van der Waals surface area contributed by atoms with Gasteiger partial charge in [0.15, 0.2) is 12.3 Å². The summed E-state index contributed by atoms with van der Waals surface area (Å²) in [6.45, 7) is 0.524. The summed E-state index contributed by atoms with van der Waals surface area (Å²) >= 11 is 6.10. The molecule has 136 valence electrons. The Bertz CT molecular complexity index is 792. The van der Waals surface area contributed by atoms with E-state index in [9.17, 15) is 18.0 Å². The number of nitrogens with zero attached hydrogens (tertiary/aromatic N) is 3. The van der Waals surface area contributed by atoms with Crippen LogP contribution in [0.1, 0.15) is 17.4 Å². The number of rotatable bonds is 6. The SMILES string of the molecule is CCn1nc(C(=O)O)c(Cl)c1-c1cnc(OCC(F)(F)F)cc1OC. The number of aryl methyl sites for hydroxylation is 1. The predicted octanol–water partition coefficient (Wildman–Crippen LogP) is 3.27. The van der Waals surface area contributed by atoms with Crippen LogP contribution < -0.4 is 9.47 Å². The molecule has 0 amide bonds. The molecule has 2 heterocycles. The monoisotopic (exact) mass is 379 g/mol. The molecule has 0 radical (unpaired) electrons. The fourth-order valence-electron chi connectivity index (χ4n) is 2.06. The van der Waals surface area contributed by atoms with Crippen molar-refractivity contribution in [3.8, 4) is 22.9 Å². The Kier molecular flexibility index (Phi) is 5.41. The minimum atomic E-state index is -4.51. The molecule has 11 heteroatoms. The number of alkyl halides is 3. The van der Waals surface area contributed by atoms with Crippen molar-refractivity contribution in [1.29, 1.82) is 0 Å². The average Bonchev–Trinajstić information content (AvgIpc) is 2.88. The van der Waals surface area contributed by atoms with E-state index in [-0.39, 0.29) is 33.6 Å². The largest absolute Gasteiger partial charge is 0.496 e. The first-order valence-corrected chi connectivity index (χ1v) is 7.29. The molecule has 2 aromatic rings. The fourth-order valence-corrected chi connectivity index (χ4v) is 2.38. The first-order chi connectivity index (χ1) is 11.7. The number of carboxylic acid groups (broad SMARTS) is 1. The van der Waals surface area contributed by atoms with Gasteiger partial charge in [-0.25, -0.2) is 9.78 Å². The van der Waals surface area contributed by atoms with Gasteiger partial charge in [0.2, 0.25) is 5.88 Å². The molecule has 0 saturated heterocycles. The lowest BCUT2D eigenvalue weighted by Gasteiger charge is -2.13. The summed E-state index contributed by atoms with van der Waals surface area (Å²) in [6, 6.07) is 1.16. The molecule has 0 aliphatic carbocycles. The van der Waals surface area contributed by atoms with Crippen LogP contribution >= 0.6 is 11.6 Å². The first-order valence-electron chi connectivity index (χ1n) is 6.91. The van der Waals surface area contributed by atoms with Gasteiger partial charge < -0.3 is 14.6 Å². The van der Waals surface area contributed by atoms with Crippen molar-refractivity contribution in [1.82, 2.24) is 14.8 Å². The molecule has 0 unspecified atom stereocenters. The van der Waals surface area contributed by atoms with Crippen molar-refractivity contribution in [2.45, 2.75) is 19.6 Å². The molecule has 1 N–H and O–H groups in total. The summed E-state index contributed by atoms with van der Waals surface area (Å²) in [6.07, 6.45) is -3.32. The fraction of sp³-hybridized carbons (Fsp3) is 0.357. The lowest BCUT2D eigenvalue weighted by Crippen LogP contribution is -2.19. The van der Waals surface area contributed by atoms with E-state index < -0.39 is 18.8 Å². The average molecular weight is 380 g/mol. The van der Waals surface area contributed by atoms with E-state index in [1.807, 2.05) is 0 Å². The maximum atomic E-state index is 12.2. The van der Waals surface area contributed by atoms with Gasteiger partial charge in [0.1, 0.15) is 10.8 Å². The van der Waals surface area contributed by atoms with Crippen molar-refractivity contribution in [2.24, 2.45) is 0 Å². The zero-order chi connectivity index (χ0) is 18.8. The normalized spacial score (nSPS) is 11.4. The highest BCUT2D eigenvalue weighted by Crippen LogP contribution is 2.37. The smallest absolute Gasteiger partial charge is 0.422 e. The maximum absolute atomic E-state index is 12.2. The van der Waals surface area contributed by atoms with Crippen LogP contribution in [0, 0.1) is 0 Å². The molecule has 0 spiro atoms. The van der Waals surface area contributed by atoms with E-state index in [4.69, 9.17) is 21.4 Å². The van der Waals surface area contributed by atoms with E-state index in [0.29, 0.717) is 6.54 Å². The summed E-state index contributed by atoms with van der Waals surface area (Å²) in [5.74, 6) is -1.49. The van der Waals surface area contributed by atoms with Gasteiger partial charge in [0.25, 0.3) is 0 Å². The highest BCUT2D eigenvalue weighted by atomic mass is 35.5. The second-order valence-corrected chi connectivity index (χ2v) is 5.14. The minimum absolute atomic E-state index is 0.112. The molecular formula is C14H13ClF3N3O4. The van der Waals surface area contributed by atoms with E-state index in [2.05, 4.69) is 14.8 Å². The van der Waals surface area contributed by atoms with Crippen molar-refractivity contribution in [3.05, 3.63) is 23.0 Å². The van der Waals surface area contributed by atoms with E-state index in [1.54, 1.807) is 6.92 Å². The Hall–Kier alpha value is -2.49. The number of aromatic nitrogens is 3. The maximum Gasteiger partial charge on any atom is 0.422 e. The number of carbonyl (C=O) groups is 1. The van der Waals surface area contributed by atoms with E-state index in [0.717, 1.165) is 6.07 Å². The molecule has 0 fully saturated rings. The third-order valence-electron chi connectivity index (χ3n) is 3.10. The number of carboxylic acids is 1. The molecule has 25 heavy (non-hydrogen) atoms. The van der Waals surface area contributed by atoms with Crippen molar-refractivity contribution >= 4 is 17.6 Å². The second kappa shape index (κ2) is 7.18. The Morgan fingerprint density at radius 1 is 1.44 bits per heavy atom. The predicted molar refractivity (Wildman–Crippen MR) is 81.2 cm³/mol. The van der Waals surface area contributed by atoms with Gasteiger partial charge in [0.05, 0.1) is 18.4 Å². The molecule has 2 aromatic heterocycles. The summed E-state index contributed by atoms with van der Waals surface area (Å²) in [4.78, 5) is 15.0. The Morgan fingerprint density at radius 3 is 2.64 bits per heavy atom. The van der Waals surface area contributed by atoms with E-state index in [1.165, 1.54) is 18.0 Å². The topological polar surface area (TPSA) is 86.5 Å². The molecule has 0 aliphatic rings. The molecule has 2 rings (SSSR count). The molecule has 0 aliphatic heterocycles. The standard InChI is InChI=1S/C14H13ClF3N3O4/c1-3-21-12(10(15)11(20-21)13(22)23)7-5-19-9(4-8(7)24-2)25-6-14(16,17)18/h4-5H,3,6H2,1-2H3,(H,22,23). The summed E-state index contributed by atoms with van der Waals surface area (Å²) in [5.41, 5.74) is 0.153. The number of hydrogen-bond donors (Lipinski definition) is 1. The molecule has 0 bridgehead atoms. The number of methoxy groups -OCH3 is 1. The lowest BCUT2D eigenvalue weighted by molar-refractivity contribution is -0.154. The molecule has 0 saturated carbocycles. The zero-order valence-corrected chi connectivity index (χ0v) is 13.9. The minimum Gasteiger partial charge on any atom is -0.496 e. The molecule has 7 nitrogen and oxygen atoms in total. The Labute approximate surface area is 144 Å². The highest BCUT2D eigenvalue weighted by molar-refractivity contribution is 6.35.